The van der Waals surface area contributed by atoms with Gasteiger partial charge in [0.2, 0.25) is 0 Å². The maximum atomic E-state index is 5.54. The van der Waals surface area contributed by atoms with Crippen molar-refractivity contribution in [1.82, 2.24) is 0 Å². The van der Waals surface area contributed by atoms with Gasteiger partial charge in [-0.05, 0) is 26.2 Å². The Morgan fingerprint density at radius 2 is 1.44 bits per heavy atom. The lowest BCUT2D eigenvalue weighted by Gasteiger charge is -2.43. The average molecular weight is 248 g/mol. The molecule has 1 aliphatic rings. The molecular weight excluding hydrogens is 222 g/mol. The van der Waals surface area contributed by atoms with Gasteiger partial charge in [-0.15, -0.1) is 0 Å². The van der Waals surface area contributed by atoms with Crippen LogP contribution in [0.25, 0.3) is 0 Å². The summed E-state index contributed by atoms with van der Waals surface area (Å²) in [6.45, 7) is 5.87. The fourth-order valence-corrected chi connectivity index (χ4v) is 4.87. The van der Waals surface area contributed by atoms with E-state index in [0.29, 0.717) is 0 Å². The standard InChI is InChI=1S/C11H26NO3Si/c1-5-12(9-7-6-8-10-12)11-16(13-2,14-3)15-4/h5-11H2,1-4H3/q+1. The van der Waals surface area contributed by atoms with Gasteiger partial charge in [-0.1, -0.05) is 0 Å². The molecule has 4 nitrogen and oxygen atoms in total. The van der Waals surface area contributed by atoms with E-state index in [4.69, 9.17) is 13.3 Å². The van der Waals surface area contributed by atoms with E-state index in [2.05, 4.69) is 6.92 Å². The second kappa shape index (κ2) is 6.12. The molecule has 1 aliphatic heterocycles. The molecule has 0 unspecified atom stereocenters. The molecule has 0 aromatic rings. The Morgan fingerprint density at radius 3 is 1.81 bits per heavy atom. The first kappa shape index (κ1) is 14.1. The van der Waals surface area contributed by atoms with Gasteiger partial charge in [-0.25, -0.2) is 0 Å². The minimum atomic E-state index is -2.43. The fourth-order valence-electron chi connectivity index (χ4n) is 2.62. The van der Waals surface area contributed by atoms with Crippen LogP contribution in [0.3, 0.4) is 0 Å². The highest BCUT2D eigenvalue weighted by Crippen LogP contribution is 2.22. The third-order valence-corrected chi connectivity index (χ3v) is 6.82. The summed E-state index contributed by atoms with van der Waals surface area (Å²) in [6.07, 6.45) is 4.90. The zero-order valence-electron chi connectivity index (χ0n) is 11.1. The van der Waals surface area contributed by atoms with E-state index in [1.165, 1.54) is 32.4 Å². The summed E-state index contributed by atoms with van der Waals surface area (Å²) in [7, 11) is 2.69. The molecule has 0 radical (unpaired) electrons. The van der Waals surface area contributed by atoms with Crippen LogP contribution in [0.2, 0.25) is 0 Å². The molecule has 16 heavy (non-hydrogen) atoms. The maximum Gasteiger partial charge on any atom is 0.558 e. The van der Waals surface area contributed by atoms with Gasteiger partial charge in [0.05, 0.1) is 19.6 Å². The van der Waals surface area contributed by atoms with Crippen LogP contribution in [0.15, 0.2) is 0 Å². The molecule has 0 spiro atoms. The molecule has 0 aromatic carbocycles. The quantitative estimate of drug-likeness (QED) is 0.526. The number of hydrogen-bond donors (Lipinski definition) is 0. The zero-order valence-corrected chi connectivity index (χ0v) is 12.1. The summed E-state index contributed by atoms with van der Waals surface area (Å²) in [6, 6.07) is 0. The Morgan fingerprint density at radius 1 is 0.938 bits per heavy atom. The minimum absolute atomic E-state index is 0.910. The van der Waals surface area contributed by atoms with Crippen molar-refractivity contribution in [2.75, 3.05) is 47.1 Å². The number of hydrogen-bond acceptors (Lipinski definition) is 3. The summed E-state index contributed by atoms with van der Waals surface area (Å²) < 4.78 is 17.7. The molecule has 1 rings (SSSR count). The Kier molecular flexibility index (Phi) is 5.40. The van der Waals surface area contributed by atoms with Gasteiger partial charge in [-0.3, -0.25) is 0 Å². The largest absolute Gasteiger partial charge is 0.558 e. The van der Waals surface area contributed by atoms with E-state index >= 15 is 0 Å². The smallest absolute Gasteiger partial charge is 0.374 e. The van der Waals surface area contributed by atoms with Gasteiger partial charge in [0.25, 0.3) is 0 Å². The van der Waals surface area contributed by atoms with E-state index in [9.17, 15) is 0 Å². The Hall–Kier alpha value is 0.0569. The minimum Gasteiger partial charge on any atom is -0.374 e. The zero-order chi connectivity index (χ0) is 12.1. The van der Waals surface area contributed by atoms with Crippen molar-refractivity contribution in [2.24, 2.45) is 0 Å². The third kappa shape index (κ3) is 3.04. The number of piperidine rings is 1. The average Bonchev–Trinajstić information content (AvgIpc) is 2.37. The first-order chi connectivity index (χ1) is 7.66. The Labute approximate surface area is 100 Å². The summed E-state index contributed by atoms with van der Waals surface area (Å²) in [5, 5.41) is 0. The van der Waals surface area contributed by atoms with Gasteiger partial charge >= 0.3 is 8.80 Å². The molecule has 0 saturated carbocycles. The van der Waals surface area contributed by atoms with Crippen molar-refractivity contribution >= 4 is 8.80 Å². The van der Waals surface area contributed by atoms with Gasteiger partial charge in [0.15, 0.2) is 0 Å². The molecule has 1 heterocycles. The first-order valence-electron chi connectivity index (χ1n) is 6.16. The molecular formula is C11H26NO3Si+. The lowest BCUT2D eigenvalue weighted by molar-refractivity contribution is -0.923. The van der Waals surface area contributed by atoms with E-state index in [1.54, 1.807) is 21.3 Å². The molecule has 1 saturated heterocycles. The van der Waals surface area contributed by atoms with Gasteiger partial charge in [0, 0.05) is 21.3 Å². The second-order valence-electron chi connectivity index (χ2n) is 4.62. The number of nitrogens with zero attached hydrogens (tertiary/aromatic N) is 1. The molecule has 96 valence electrons. The van der Waals surface area contributed by atoms with Crippen LogP contribution in [0.5, 0.6) is 0 Å². The highest BCUT2D eigenvalue weighted by molar-refractivity contribution is 6.60. The van der Waals surface area contributed by atoms with E-state index < -0.39 is 8.80 Å². The van der Waals surface area contributed by atoms with Crippen LogP contribution in [-0.4, -0.2) is 60.4 Å². The lowest BCUT2D eigenvalue weighted by atomic mass is 10.1. The van der Waals surface area contributed by atoms with Crippen LogP contribution in [0.1, 0.15) is 26.2 Å². The summed E-state index contributed by atoms with van der Waals surface area (Å²) in [5.41, 5.74) is 0. The molecule has 1 fully saturated rings. The molecule has 0 aliphatic carbocycles. The lowest BCUT2D eigenvalue weighted by Crippen LogP contribution is -2.63. The van der Waals surface area contributed by atoms with Crippen molar-refractivity contribution in [1.29, 1.82) is 0 Å². The summed E-state index contributed by atoms with van der Waals surface area (Å²) >= 11 is 0. The Balaban J connectivity index is 2.72. The predicted octanol–water partition coefficient (Wildman–Crippen LogP) is 1.42. The van der Waals surface area contributed by atoms with Crippen molar-refractivity contribution in [3.05, 3.63) is 0 Å². The molecule has 0 amide bonds. The SMILES string of the molecule is CC[N+]1(C[Si](OC)(OC)OC)CCCCC1. The second-order valence-corrected chi connectivity index (χ2v) is 7.53. The Bertz CT molecular complexity index is 195. The molecule has 0 N–H and O–H groups in total. The van der Waals surface area contributed by atoms with Crippen molar-refractivity contribution < 1.29 is 17.8 Å². The molecule has 0 aromatic heterocycles. The normalized spacial score (nSPS) is 21.0. The van der Waals surface area contributed by atoms with Gasteiger partial charge in [0.1, 0.15) is 6.17 Å². The fraction of sp³-hybridized carbons (Fsp3) is 1.00. The van der Waals surface area contributed by atoms with Crippen LogP contribution < -0.4 is 0 Å². The summed E-state index contributed by atoms with van der Waals surface area (Å²) in [4.78, 5) is 0. The van der Waals surface area contributed by atoms with Crippen LogP contribution in [-0.2, 0) is 13.3 Å². The van der Waals surface area contributed by atoms with Gasteiger partial charge < -0.3 is 17.8 Å². The highest BCUT2D eigenvalue weighted by Gasteiger charge is 2.48. The van der Waals surface area contributed by atoms with Crippen molar-refractivity contribution in [3.8, 4) is 0 Å². The first-order valence-corrected chi connectivity index (χ1v) is 8.09. The number of rotatable bonds is 6. The molecule has 0 atom stereocenters. The monoisotopic (exact) mass is 248 g/mol. The van der Waals surface area contributed by atoms with E-state index in [0.717, 1.165) is 17.2 Å². The third-order valence-electron chi connectivity index (χ3n) is 3.90. The van der Waals surface area contributed by atoms with Gasteiger partial charge in [-0.2, -0.15) is 0 Å². The number of quaternary nitrogens is 1. The van der Waals surface area contributed by atoms with Crippen LogP contribution >= 0.6 is 0 Å². The summed E-state index contributed by atoms with van der Waals surface area (Å²) in [5.74, 6) is 0. The van der Waals surface area contributed by atoms with E-state index in [1.807, 2.05) is 0 Å². The maximum absolute atomic E-state index is 5.54. The van der Waals surface area contributed by atoms with Crippen molar-refractivity contribution in [2.45, 2.75) is 26.2 Å². The van der Waals surface area contributed by atoms with Crippen LogP contribution in [0.4, 0.5) is 0 Å². The van der Waals surface area contributed by atoms with Crippen LogP contribution in [0, 0.1) is 0 Å². The highest BCUT2D eigenvalue weighted by atomic mass is 28.4. The topological polar surface area (TPSA) is 27.7 Å². The molecule has 5 heteroatoms. The molecule has 0 bridgehead atoms. The van der Waals surface area contributed by atoms with Crippen molar-refractivity contribution in [3.63, 3.8) is 0 Å². The van der Waals surface area contributed by atoms with E-state index in [-0.39, 0.29) is 0 Å². The predicted molar refractivity (Wildman–Crippen MR) is 66.0 cm³/mol. The number of likely N-dealkylation sites (tertiary alicyclic amines) is 1.